The molecule has 1 aliphatic carbocycles. The van der Waals surface area contributed by atoms with Gasteiger partial charge in [0.2, 0.25) is 0 Å². The van der Waals surface area contributed by atoms with E-state index in [0.717, 1.165) is 19.3 Å². The van der Waals surface area contributed by atoms with Crippen LogP contribution in [0, 0.1) is 11.3 Å². The Morgan fingerprint density at radius 1 is 1.64 bits per heavy atom. The molecule has 0 aromatic carbocycles. The zero-order valence-electron chi connectivity index (χ0n) is 7.52. The van der Waals surface area contributed by atoms with Gasteiger partial charge in [-0.2, -0.15) is 0 Å². The molecule has 11 heavy (non-hydrogen) atoms. The van der Waals surface area contributed by atoms with Crippen molar-refractivity contribution < 1.29 is 9.53 Å². The Labute approximate surface area is 67.9 Å². The summed E-state index contributed by atoms with van der Waals surface area (Å²) >= 11 is 0. The number of hydrogen-bond donors (Lipinski definition) is 0. The number of carbonyl (C=O) groups excluding carboxylic acids is 1. The molecule has 0 bridgehead atoms. The number of carbonyl (C=O) groups is 1. The molecule has 1 aliphatic rings. The van der Waals surface area contributed by atoms with Gasteiger partial charge in [0.1, 0.15) is 0 Å². The fraction of sp³-hybridized carbons (Fsp3) is 0.889. The van der Waals surface area contributed by atoms with Gasteiger partial charge in [-0.05, 0) is 32.1 Å². The van der Waals surface area contributed by atoms with Gasteiger partial charge in [0, 0.05) is 0 Å². The number of esters is 1. The van der Waals surface area contributed by atoms with Gasteiger partial charge in [-0.15, -0.1) is 0 Å². The minimum absolute atomic E-state index is 0.0400. The molecule has 1 fully saturated rings. The molecular weight excluding hydrogens is 140 g/mol. The molecule has 0 unspecified atom stereocenters. The number of methoxy groups -OCH3 is 1. The molecule has 0 aromatic heterocycles. The van der Waals surface area contributed by atoms with Crippen molar-refractivity contribution in [2.75, 3.05) is 7.11 Å². The predicted molar refractivity (Wildman–Crippen MR) is 43.1 cm³/mol. The molecule has 0 aromatic rings. The average Bonchev–Trinajstić information content (AvgIpc) is 2.31. The maximum absolute atomic E-state index is 11.3. The van der Waals surface area contributed by atoms with E-state index in [-0.39, 0.29) is 11.4 Å². The van der Waals surface area contributed by atoms with Gasteiger partial charge in [0.15, 0.2) is 0 Å². The summed E-state index contributed by atoms with van der Waals surface area (Å²) in [6.45, 7) is 4.19. The monoisotopic (exact) mass is 156 g/mol. The van der Waals surface area contributed by atoms with E-state index in [0.29, 0.717) is 5.92 Å². The fourth-order valence-corrected chi connectivity index (χ4v) is 1.97. The van der Waals surface area contributed by atoms with Crippen LogP contribution in [0.25, 0.3) is 0 Å². The highest BCUT2D eigenvalue weighted by molar-refractivity contribution is 5.76. The van der Waals surface area contributed by atoms with E-state index in [1.165, 1.54) is 7.11 Å². The van der Waals surface area contributed by atoms with Gasteiger partial charge in [0.05, 0.1) is 12.5 Å². The molecule has 2 atom stereocenters. The Morgan fingerprint density at radius 3 is 2.64 bits per heavy atom. The van der Waals surface area contributed by atoms with Crippen LogP contribution < -0.4 is 0 Å². The van der Waals surface area contributed by atoms with E-state index in [4.69, 9.17) is 4.74 Å². The van der Waals surface area contributed by atoms with Crippen molar-refractivity contribution in [1.29, 1.82) is 0 Å². The summed E-state index contributed by atoms with van der Waals surface area (Å²) in [6, 6.07) is 0. The molecule has 0 spiro atoms. The van der Waals surface area contributed by atoms with Crippen LogP contribution in [0.4, 0.5) is 0 Å². The maximum Gasteiger partial charge on any atom is 0.311 e. The lowest BCUT2D eigenvalue weighted by Gasteiger charge is -2.19. The summed E-state index contributed by atoms with van der Waals surface area (Å²) in [5.74, 6) is 0.640. The molecular formula is C9H16O2. The lowest BCUT2D eigenvalue weighted by Crippen LogP contribution is -2.25. The number of hydrogen-bond acceptors (Lipinski definition) is 2. The Morgan fingerprint density at radius 2 is 2.27 bits per heavy atom. The largest absolute Gasteiger partial charge is 0.469 e. The van der Waals surface area contributed by atoms with Crippen molar-refractivity contribution in [3.8, 4) is 0 Å². The molecule has 0 saturated heterocycles. The third kappa shape index (κ3) is 1.55. The minimum Gasteiger partial charge on any atom is -0.469 e. The molecule has 0 amide bonds. The SMILES string of the molecule is COC(=O)[C@]1(C)CC[C@H](C)C1. The molecule has 1 rings (SSSR count). The van der Waals surface area contributed by atoms with Crippen molar-refractivity contribution in [3.05, 3.63) is 0 Å². The van der Waals surface area contributed by atoms with E-state index in [1.807, 2.05) is 6.92 Å². The van der Waals surface area contributed by atoms with Crippen molar-refractivity contribution in [2.24, 2.45) is 11.3 Å². The molecule has 64 valence electrons. The van der Waals surface area contributed by atoms with Crippen molar-refractivity contribution in [3.63, 3.8) is 0 Å². The van der Waals surface area contributed by atoms with Crippen LogP contribution in [0.2, 0.25) is 0 Å². The third-order valence-electron chi connectivity index (χ3n) is 2.67. The highest BCUT2D eigenvalue weighted by atomic mass is 16.5. The van der Waals surface area contributed by atoms with Crippen molar-refractivity contribution in [2.45, 2.75) is 33.1 Å². The Balaban J connectivity index is 2.61. The van der Waals surface area contributed by atoms with Gasteiger partial charge >= 0.3 is 5.97 Å². The predicted octanol–water partition coefficient (Wildman–Crippen LogP) is 1.99. The first-order chi connectivity index (χ1) is 5.08. The maximum atomic E-state index is 11.3. The molecule has 0 radical (unpaired) electrons. The number of ether oxygens (including phenoxy) is 1. The van der Waals surface area contributed by atoms with Crippen LogP contribution in [0.5, 0.6) is 0 Å². The standard InChI is InChI=1S/C9H16O2/c1-7-4-5-9(2,6-7)8(10)11-3/h7H,4-6H2,1-3H3/t7-,9+/m0/s1. The Hall–Kier alpha value is -0.530. The quantitative estimate of drug-likeness (QED) is 0.543. The topological polar surface area (TPSA) is 26.3 Å². The molecule has 2 heteroatoms. The highest BCUT2D eigenvalue weighted by Crippen LogP contribution is 2.41. The fourth-order valence-electron chi connectivity index (χ4n) is 1.97. The van der Waals surface area contributed by atoms with E-state index in [9.17, 15) is 4.79 Å². The first-order valence-corrected chi connectivity index (χ1v) is 4.17. The van der Waals surface area contributed by atoms with Crippen molar-refractivity contribution in [1.82, 2.24) is 0 Å². The summed E-state index contributed by atoms with van der Waals surface area (Å²) in [7, 11) is 1.47. The van der Waals surface area contributed by atoms with Gasteiger partial charge < -0.3 is 4.74 Å². The summed E-state index contributed by atoms with van der Waals surface area (Å²) in [4.78, 5) is 11.3. The van der Waals surface area contributed by atoms with Gasteiger partial charge in [-0.1, -0.05) is 6.92 Å². The van der Waals surface area contributed by atoms with Gasteiger partial charge in [0.25, 0.3) is 0 Å². The first kappa shape index (κ1) is 8.57. The van der Waals surface area contributed by atoms with Gasteiger partial charge in [-0.25, -0.2) is 0 Å². The van der Waals surface area contributed by atoms with E-state index in [2.05, 4.69) is 6.92 Å². The number of rotatable bonds is 1. The molecule has 0 heterocycles. The summed E-state index contributed by atoms with van der Waals surface area (Å²) in [5, 5.41) is 0. The second kappa shape index (κ2) is 2.84. The zero-order chi connectivity index (χ0) is 8.48. The normalized spacial score (nSPS) is 37.2. The average molecular weight is 156 g/mol. The van der Waals surface area contributed by atoms with Crippen LogP contribution in [-0.2, 0) is 9.53 Å². The summed E-state index contributed by atoms with van der Waals surface area (Å²) in [6.07, 6.45) is 3.13. The second-order valence-corrected chi connectivity index (χ2v) is 3.90. The van der Waals surface area contributed by atoms with E-state index < -0.39 is 0 Å². The summed E-state index contributed by atoms with van der Waals surface area (Å²) in [5.41, 5.74) is -0.186. The van der Waals surface area contributed by atoms with Crippen LogP contribution in [0.3, 0.4) is 0 Å². The third-order valence-corrected chi connectivity index (χ3v) is 2.67. The van der Waals surface area contributed by atoms with Crippen LogP contribution >= 0.6 is 0 Å². The zero-order valence-corrected chi connectivity index (χ0v) is 7.52. The minimum atomic E-state index is -0.186. The first-order valence-electron chi connectivity index (χ1n) is 4.17. The summed E-state index contributed by atoms with van der Waals surface area (Å²) < 4.78 is 4.75. The molecule has 2 nitrogen and oxygen atoms in total. The molecule has 0 N–H and O–H groups in total. The van der Waals surface area contributed by atoms with Crippen LogP contribution in [0.1, 0.15) is 33.1 Å². The molecule has 1 saturated carbocycles. The van der Waals surface area contributed by atoms with Gasteiger partial charge in [-0.3, -0.25) is 4.79 Å². The van der Waals surface area contributed by atoms with E-state index in [1.54, 1.807) is 0 Å². The van der Waals surface area contributed by atoms with Crippen molar-refractivity contribution >= 4 is 5.97 Å². The lowest BCUT2D eigenvalue weighted by atomic mass is 9.88. The second-order valence-electron chi connectivity index (χ2n) is 3.90. The smallest absolute Gasteiger partial charge is 0.311 e. The highest BCUT2D eigenvalue weighted by Gasteiger charge is 2.40. The van der Waals surface area contributed by atoms with Crippen LogP contribution in [-0.4, -0.2) is 13.1 Å². The van der Waals surface area contributed by atoms with Crippen LogP contribution in [0.15, 0.2) is 0 Å². The molecule has 0 aliphatic heterocycles. The lowest BCUT2D eigenvalue weighted by molar-refractivity contribution is -0.151. The Kier molecular flexibility index (Phi) is 2.21. The van der Waals surface area contributed by atoms with E-state index >= 15 is 0 Å². The Bertz CT molecular complexity index is 165.